The monoisotopic (exact) mass is 426 g/mol. The number of rotatable bonds is 9. The van der Waals surface area contributed by atoms with E-state index in [4.69, 9.17) is 4.74 Å². The van der Waals surface area contributed by atoms with Crippen molar-refractivity contribution >= 4 is 22.6 Å². The van der Waals surface area contributed by atoms with E-state index >= 15 is 0 Å². The van der Waals surface area contributed by atoms with E-state index in [1.807, 2.05) is 32.9 Å². The Morgan fingerprint density at radius 1 is 1.10 bits per heavy atom. The summed E-state index contributed by atoms with van der Waals surface area (Å²) in [7, 11) is 0. The normalized spacial score (nSPS) is 14.6. The van der Waals surface area contributed by atoms with Crippen LogP contribution in [0.4, 0.5) is 0 Å². The highest BCUT2D eigenvalue weighted by Crippen LogP contribution is 2.28. The summed E-state index contributed by atoms with van der Waals surface area (Å²) in [5.41, 5.74) is 1.17. The first-order valence-corrected chi connectivity index (χ1v) is 11.5. The Morgan fingerprint density at radius 3 is 2.55 bits per heavy atom. The van der Waals surface area contributed by atoms with E-state index in [9.17, 15) is 9.59 Å². The summed E-state index contributed by atoms with van der Waals surface area (Å²) in [5, 5.41) is 5.21. The number of hydrogen-bond acceptors (Lipinski definition) is 3. The van der Waals surface area contributed by atoms with Gasteiger partial charge in [-0.05, 0) is 56.9 Å². The number of nitrogens with one attached hydrogen (secondary N) is 2. The van der Waals surface area contributed by atoms with Gasteiger partial charge >= 0.3 is 0 Å². The van der Waals surface area contributed by atoms with Crippen molar-refractivity contribution in [2.24, 2.45) is 0 Å². The lowest BCUT2D eigenvalue weighted by Crippen LogP contribution is -3.11. The van der Waals surface area contributed by atoms with Crippen LogP contribution in [0.5, 0.6) is 5.75 Å². The number of piperidine rings is 1. The smallest absolute Gasteiger partial charge is 0.260 e. The molecule has 0 unspecified atom stereocenters. The second-order valence-corrected chi connectivity index (χ2v) is 8.67. The fraction of sp³-hybridized carbons (Fsp3) is 0.520. The van der Waals surface area contributed by atoms with Crippen LogP contribution in [0.2, 0.25) is 0 Å². The average molecular weight is 427 g/mol. The molecule has 6 nitrogen and oxygen atoms in total. The molecule has 3 rings (SSSR count). The number of hydrogen-bond donors (Lipinski definition) is 2. The number of fused-ring (bicyclic) bond motifs is 1. The minimum atomic E-state index is -0.175. The lowest BCUT2D eigenvalue weighted by atomic mass is 10.0. The fourth-order valence-corrected chi connectivity index (χ4v) is 4.26. The molecule has 0 atom stereocenters. The van der Waals surface area contributed by atoms with Crippen LogP contribution in [0.1, 0.15) is 45.6 Å². The average Bonchev–Trinajstić information content (AvgIpc) is 2.77. The lowest BCUT2D eigenvalue weighted by molar-refractivity contribution is -0.918. The van der Waals surface area contributed by atoms with Crippen molar-refractivity contribution in [3.8, 4) is 5.75 Å². The predicted molar refractivity (Wildman–Crippen MR) is 123 cm³/mol. The first kappa shape index (κ1) is 23.1. The van der Waals surface area contributed by atoms with Gasteiger partial charge in [0.05, 0.1) is 25.2 Å². The Kier molecular flexibility index (Phi) is 8.29. The van der Waals surface area contributed by atoms with Gasteiger partial charge in [0.15, 0.2) is 6.61 Å². The first-order chi connectivity index (χ1) is 15.0. The standard InChI is InChI=1S/C25H35N3O3/c1-4-28(17-24(29)26-19(2)3)25(30)18-31-23-13-12-20-10-6-7-11-21(20)22(23)16-27-14-8-5-9-15-27/h6-7,10-13,19H,4-5,8-9,14-18H2,1-3H3,(H,26,29)/p+1. The zero-order chi connectivity index (χ0) is 22.2. The van der Waals surface area contributed by atoms with E-state index in [2.05, 4.69) is 29.6 Å². The maximum absolute atomic E-state index is 12.7. The zero-order valence-corrected chi connectivity index (χ0v) is 19.1. The molecule has 1 heterocycles. The number of amides is 2. The van der Waals surface area contributed by atoms with Gasteiger partial charge in [0.1, 0.15) is 12.3 Å². The van der Waals surface area contributed by atoms with Crippen molar-refractivity contribution in [2.75, 3.05) is 32.8 Å². The maximum Gasteiger partial charge on any atom is 0.260 e. The molecule has 1 fully saturated rings. The van der Waals surface area contributed by atoms with Crippen molar-refractivity contribution < 1.29 is 19.2 Å². The number of nitrogens with zero attached hydrogens (tertiary/aromatic N) is 1. The molecule has 168 valence electrons. The molecule has 31 heavy (non-hydrogen) atoms. The van der Waals surface area contributed by atoms with Gasteiger partial charge in [-0.3, -0.25) is 9.59 Å². The number of carbonyl (C=O) groups is 2. The van der Waals surface area contributed by atoms with Crippen molar-refractivity contribution in [3.63, 3.8) is 0 Å². The van der Waals surface area contributed by atoms with Crippen molar-refractivity contribution in [3.05, 3.63) is 42.0 Å². The van der Waals surface area contributed by atoms with Gasteiger partial charge < -0.3 is 19.9 Å². The third kappa shape index (κ3) is 6.44. The Morgan fingerprint density at radius 2 is 1.84 bits per heavy atom. The summed E-state index contributed by atoms with van der Waals surface area (Å²) in [6.07, 6.45) is 3.84. The second-order valence-electron chi connectivity index (χ2n) is 8.67. The largest absolute Gasteiger partial charge is 0.483 e. The van der Waals surface area contributed by atoms with Crippen LogP contribution in [0.15, 0.2) is 36.4 Å². The van der Waals surface area contributed by atoms with Crippen LogP contribution in [-0.4, -0.2) is 55.5 Å². The summed E-state index contributed by atoms with van der Waals surface area (Å²) in [5.74, 6) is 0.448. The zero-order valence-electron chi connectivity index (χ0n) is 19.1. The van der Waals surface area contributed by atoms with Gasteiger partial charge in [0.25, 0.3) is 5.91 Å². The first-order valence-electron chi connectivity index (χ1n) is 11.5. The van der Waals surface area contributed by atoms with Crippen molar-refractivity contribution in [1.82, 2.24) is 10.2 Å². The molecule has 0 aromatic heterocycles. The van der Waals surface area contributed by atoms with Gasteiger partial charge in [0.2, 0.25) is 5.91 Å². The molecule has 2 N–H and O–H groups in total. The highest BCUT2D eigenvalue weighted by Gasteiger charge is 2.21. The van der Waals surface area contributed by atoms with Gasteiger partial charge in [-0.2, -0.15) is 0 Å². The molecule has 0 bridgehead atoms. The summed E-state index contributed by atoms with van der Waals surface area (Å²) >= 11 is 0. The number of carbonyl (C=O) groups excluding carboxylic acids is 2. The van der Waals surface area contributed by atoms with Gasteiger partial charge in [-0.1, -0.05) is 30.3 Å². The van der Waals surface area contributed by atoms with Crippen LogP contribution in [0.3, 0.4) is 0 Å². The highest BCUT2D eigenvalue weighted by molar-refractivity contribution is 5.88. The SMILES string of the molecule is CCN(CC(=O)NC(C)C)C(=O)COc1ccc2ccccc2c1C[NH+]1CCCCC1. The summed E-state index contributed by atoms with van der Waals surface area (Å²) in [6, 6.07) is 12.4. The van der Waals surface area contributed by atoms with Crippen molar-refractivity contribution in [1.29, 1.82) is 0 Å². The minimum absolute atomic E-state index is 0.0509. The molecule has 6 heteroatoms. The van der Waals surface area contributed by atoms with Crippen LogP contribution >= 0.6 is 0 Å². The number of quaternary nitrogens is 1. The molecule has 2 aromatic carbocycles. The molecule has 0 saturated carbocycles. The molecule has 1 aliphatic rings. The molecule has 0 radical (unpaired) electrons. The number of likely N-dealkylation sites (tertiary alicyclic amines) is 1. The predicted octanol–water partition coefficient (Wildman–Crippen LogP) is 2.16. The fourth-order valence-electron chi connectivity index (χ4n) is 4.26. The Labute approximate surface area is 185 Å². The van der Waals surface area contributed by atoms with Crippen LogP contribution < -0.4 is 15.0 Å². The van der Waals surface area contributed by atoms with E-state index in [0.29, 0.717) is 6.54 Å². The molecule has 0 aliphatic carbocycles. The molecule has 1 saturated heterocycles. The third-order valence-electron chi connectivity index (χ3n) is 5.85. The topological polar surface area (TPSA) is 63.1 Å². The second kappa shape index (κ2) is 11.1. The summed E-state index contributed by atoms with van der Waals surface area (Å²) < 4.78 is 6.06. The molecular formula is C25H36N3O3+. The van der Waals surface area contributed by atoms with E-state index in [0.717, 1.165) is 12.3 Å². The van der Waals surface area contributed by atoms with E-state index in [1.54, 1.807) is 4.90 Å². The van der Waals surface area contributed by atoms with Gasteiger partial charge in [0, 0.05) is 12.6 Å². The summed E-state index contributed by atoms with van der Waals surface area (Å²) in [6.45, 7) is 9.40. The molecule has 2 amide bonds. The molecular weight excluding hydrogens is 390 g/mol. The van der Waals surface area contributed by atoms with Crippen LogP contribution in [0, 0.1) is 0 Å². The van der Waals surface area contributed by atoms with E-state index in [1.165, 1.54) is 53.6 Å². The number of ether oxygens (including phenoxy) is 1. The Bertz CT molecular complexity index is 891. The van der Waals surface area contributed by atoms with Gasteiger partial charge in [-0.25, -0.2) is 0 Å². The Balaban J connectivity index is 1.73. The number of likely N-dealkylation sites (N-methyl/N-ethyl adjacent to an activating group) is 1. The van der Waals surface area contributed by atoms with E-state index < -0.39 is 0 Å². The highest BCUT2D eigenvalue weighted by atomic mass is 16.5. The maximum atomic E-state index is 12.7. The minimum Gasteiger partial charge on any atom is -0.483 e. The quantitative estimate of drug-likeness (QED) is 0.646. The van der Waals surface area contributed by atoms with Crippen LogP contribution in [0.25, 0.3) is 10.8 Å². The summed E-state index contributed by atoms with van der Waals surface area (Å²) in [4.78, 5) is 27.9. The van der Waals surface area contributed by atoms with Crippen LogP contribution in [-0.2, 0) is 16.1 Å². The van der Waals surface area contributed by atoms with Gasteiger partial charge in [-0.15, -0.1) is 0 Å². The molecule has 0 spiro atoms. The van der Waals surface area contributed by atoms with E-state index in [-0.39, 0.29) is 31.0 Å². The molecule has 2 aromatic rings. The lowest BCUT2D eigenvalue weighted by Gasteiger charge is -2.25. The van der Waals surface area contributed by atoms with Crippen molar-refractivity contribution in [2.45, 2.75) is 52.6 Å². The number of benzene rings is 2. The third-order valence-corrected chi connectivity index (χ3v) is 5.85. The Hall–Kier alpha value is -2.60. The molecule has 1 aliphatic heterocycles.